The Morgan fingerprint density at radius 1 is 1.24 bits per heavy atom. The van der Waals surface area contributed by atoms with Crippen molar-refractivity contribution in [1.29, 1.82) is 0 Å². The molecule has 17 heavy (non-hydrogen) atoms. The third-order valence-corrected chi connectivity index (χ3v) is 2.81. The molecule has 0 unspecified atom stereocenters. The molecule has 0 saturated heterocycles. The highest BCUT2D eigenvalue weighted by Gasteiger charge is 2.33. The second-order valence-electron chi connectivity index (χ2n) is 4.17. The van der Waals surface area contributed by atoms with Crippen LogP contribution in [0, 0.1) is 0 Å². The van der Waals surface area contributed by atoms with Crippen LogP contribution in [-0.2, 0) is 12.6 Å². The maximum Gasteiger partial charge on any atom is 0.416 e. The lowest BCUT2D eigenvalue weighted by molar-refractivity contribution is -0.138. The molecular formula is C12H15ClF3N. The Morgan fingerprint density at radius 3 is 2.41 bits per heavy atom. The third-order valence-electron chi connectivity index (χ3n) is 2.46. The monoisotopic (exact) mass is 265 g/mol. The Kier molecular flexibility index (Phi) is 4.83. The van der Waals surface area contributed by atoms with E-state index in [9.17, 15) is 13.2 Å². The highest BCUT2D eigenvalue weighted by Crippen LogP contribution is 2.35. The summed E-state index contributed by atoms with van der Waals surface area (Å²) < 4.78 is 38.2. The van der Waals surface area contributed by atoms with Gasteiger partial charge < -0.3 is 4.90 Å². The first-order chi connectivity index (χ1) is 7.82. The van der Waals surface area contributed by atoms with E-state index in [-0.39, 0.29) is 10.6 Å². The van der Waals surface area contributed by atoms with Crippen molar-refractivity contribution in [2.75, 3.05) is 20.6 Å². The van der Waals surface area contributed by atoms with Gasteiger partial charge in [-0.3, -0.25) is 0 Å². The summed E-state index contributed by atoms with van der Waals surface area (Å²) in [4.78, 5) is 1.93. The van der Waals surface area contributed by atoms with Gasteiger partial charge in [0.15, 0.2) is 0 Å². The molecule has 1 nitrogen and oxygen atoms in total. The Labute approximate surface area is 104 Å². The minimum atomic E-state index is -4.33. The molecule has 0 aliphatic rings. The Balaban J connectivity index is 2.89. The molecule has 0 atom stereocenters. The highest BCUT2D eigenvalue weighted by molar-refractivity contribution is 6.31. The van der Waals surface area contributed by atoms with Crippen molar-refractivity contribution in [3.63, 3.8) is 0 Å². The van der Waals surface area contributed by atoms with Crippen LogP contribution in [0.4, 0.5) is 13.2 Å². The summed E-state index contributed by atoms with van der Waals surface area (Å²) in [6.07, 6.45) is -3.34. The van der Waals surface area contributed by atoms with Gasteiger partial charge in [-0.1, -0.05) is 17.7 Å². The third kappa shape index (κ3) is 4.21. The number of nitrogens with zero attached hydrogens (tertiary/aromatic N) is 1. The fraction of sp³-hybridized carbons (Fsp3) is 0.500. The molecule has 1 rings (SSSR count). The molecule has 0 amide bonds. The molecule has 0 saturated carbocycles. The predicted octanol–water partition coefficient (Wildman–Crippen LogP) is 3.85. The SMILES string of the molecule is CN(C)CCCc1c(Cl)cccc1C(F)(F)F. The quantitative estimate of drug-likeness (QED) is 0.799. The van der Waals surface area contributed by atoms with Crippen LogP contribution in [0.15, 0.2) is 18.2 Å². The number of benzene rings is 1. The van der Waals surface area contributed by atoms with Gasteiger partial charge in [0.05, 0.1) is 5.56 Å². The van der Waals surface area contributed by atoms with Crippen molar-refractivity contribution >= 4 is 11.6 Å². The Hall–Kier alpha value is -0.740. The fourth-order valence-corrected chi connectivity index (χ4v) is 1.92. The Morgan fingerprint density at radius 2 is 1.88 bits per heavy atom. The number of alkyl halides is 3. The average molecular weight is 266 g/mol. The van der Waals surface area contributed by atoms with E-state index in [2.05, 4.69) is 0 Å². The van der Waals surface area contributed by atoms with E-state index in [1.807, 2.05) is 19.0 Å². The molecule has 0 bridgehead atoms. The Bertz CT molecular complexity index is 375. The molecule has 0 aromatic heterocycles. The van der Waals surface area contributed by atoms with Gasteiger partial charge in [0.25, 0.3) is 0 Å². The topological polar surface area (TPSA) is 3.24 Å². The molecule has 0 spiro atoms. The lowest BCUT2D eigenvalue weighted by atomic mass is 10.0. The predicted molar refractivity (Wildman–Crippen MR) is 63.3 cm³/mol. The summed E-state index contributed by atoms with van der Waals surface area (Å²) >= 11 is 5.84. The van der Waals surface area contributed by atoms with Crippen molar-refractivity contribution in [3.8, 4) is 0 Å². The van der Waals surface area contributed by atoms with E-state index in [0.29, 0.717) is 12.8 Å². The summed E-state index contributed by atoms with van der Waals surface area (Å²) in [6, 6.07) is 3.92. The molecule has 0 fully saturated rings. The molecule has 0 radical (unpaired) electrons. The van der Waals surface area contributed by atoms with Gasteiger partial charge in [-0.2, -0.15) is 13.2 Å². The minimum Gasteiger partial charge on any atom is -0.309 e. The zero-order valence-corrected chi connectivity index (χ0v) is 10.6. The van der Waals surface area contributed by atoms with E-state index < -0.39 is 11.7 Å². The molecule has 0 aliphatic carbocycles. The summed E-state index contributed by atoms with van der Waals surface area (Å²) in [5, 5.41) is 0.193. The van der Waals surface area contributed by atoms with Crippen LogP contribution < -0.4 is 0 Å². The van der Waals surface area contributed by atoms with Gasteiger partial charge in [0.2, 0.25) is 0 Å². The van der Waals surface area contributed by atoms with Crippen molar-refractivity contribution in [2.24, 2.45) is 0 Å². The summed E-state index contributed by atoms with van der Waals surface area (Å²) in [6.45, 7) is 0.739. The van der Waals surface area contributed by atoms with Crippen molar-refractivity contribution in [2.45, 2.75) is 19.0 Å². The molecule has 1 aromatic rings. The van der Waals surface area contributed by atoms with Gasteiger partial charge in [-0.15, -0.1) is 0 Å². The lowest BCUT2D eigenvalue weighted by Crippen LogP contribution is -2.15. The first-order valence-corrected chi connectivity index (χ1v) is 5.69. The minimum absolute atomic E-state index is 0.193. The maximum atomic E-state index is 12.7. The smallest absolute Gasteiger partial charge is 0.309 e. The van der Waals surface area contributed by atoms with Crippen LogP contribution in [0.2, 0.25) is 5.02 Å². The second kappa shape index (κ2) is 5.74. The van der Waals surface area contributed by atoms with Gasteiger partial charge in [-0.25, -0.2) is 0 Å². The van der Waals surface area contributed by atoms with Crippen molar-refractivity contribution < 1.29 is 13.2 Å². The van der Waals surface area contributed by atoms with E-state index in [1.165, 1.54) is 12.1 Å². The normalized spacial score (nSPS) is 12.2. The van der Waals surface area contributed by atoms with Crippen molar-refractivity contribution in [3.05, 3.63) is 34.3 Å². The number of rotatable bonds is 4. The molecular weight excluding hydrogens is 251 g/mol. The molecule has 5 heteroatoms. The van der Waals surface area contributed by atoms with E-state index >= 15 is 0 Å². The summed E-state index contributed by atoms with van der Waals surface area (Å²) in [7, 11) is 3.77. The highest BCUT2D eigenvalue weighted by atomic mass is 35.5. The summed E-state index contributed by atoms with van der Waals surface area (Å²) in [5.74, 6) is 0. The van der Waals surface area contributed by atoms with Crippen LogP contribution in [0.5, 0.6) is 0 Å². The lowest BCUT2D eigenvalue weighted by Gasteiger charge is -2.15. The van der Waals surface area contributed by atoms with E-state index in [1.54, 1.807) is 0 Å². The van der Waals surface area contributed by atoms with Gasteiger partial charge in [0, 0.05) is 5.02 Å². The van der Waals surface area contributed by atoms with Crippen LogP contribution in [0.3, 0.4) is 0 Å². The zero-order valence-electron chi connectivity index (χ0n) is 9.81. The van der Waals surface area contributed by atoms with Crippen LogP contribution in [0.1, 0.15) is 17.5 Å². The number of hydrogen-bond donors (Lipinski definition) is 0. The van der Waals surface area contributed by atoms with Crippen LogP contribution >= 0.6 is 11.6 Å². The summed E-state index contributed by atoms with van der Waals surface area (Å²) in [5.41, 5.74) is -0.424. The number of halogens is 4. The van der Waals surface area contributed by atoms with E-state index in [4.69, 9.17) is 11.6 Å². The van der Waals surface area contributed by atoms with Crippen LogP contribution in [0.25, 0.3) is 0 Å². The largest absolute Gasteiger partial charge is 0.416 e. The molecule has 1 aromatic carbocycles. The van der Waals surface area contributed by atoms with Gasteiger partial charge in [-0.05, 0) is 51.2 Å². The second-order valence-corrected chi connectivity index (χ2v) is 4.58. The standard InChI is InChI=1S/C12H15ClF3N/c1-17(2)8-4-5-9-10(12(14,15)16)6-3-7-11(9)13/h3,6-7H,4-5,8H2,1-2H3. The maximum absolute atomic E-state index is 12.7. The average Bonchev–Trinajstić information content (AvgIpc) is 2.18. The molecule has 0 heterocycles. The fourth-order valence-electron chi connectivity index (χ4n) is 1.65. The number of hydrogen-bond acceptors (Lipinski definition) is 1. The van der Waals surface area contributed by atoms with E-state index in [0.717, 1.165) is 12.6 Å². The molecule has 96 valence electrons. The van der Waals surface area contributed by atoms with Gasteiger partial charge in [0.1, 0.15) is 0 Å². The molecule has 0 N–H and O–H groups in total. The first-order valence-electron chi connectivity index (χ1n) is 5.31. The van der Waals surface area contributed by atoms with Crippen LogP contribution in [-0.4, -0.2) is 25.5 Å². The van der Waals surface area contributed by atoms with Crippen molar-refractivity contribution in [1.82, 2.24) is 4.90 Å². The van der Waals surface area contributed by atoms with Gasteiger partial charge >= 0.3 is 6.18 Å². The molecule has 0 aliphatic heterocycles. The first kappa shape index (κ1) is 14.3. The zero-order chi connectivity index (χ0) is 13.1.